The molecule has 2 N–H and O–H groups in total. The van der Waals surface area contributed by atoms with Gasteiger partial charge in [-0.3, -0.25) is 10.00 Å². The third-order valence-corrected chi connectivity index (χ3v) is 1.88. The van der Waals surface area contributed by atoms with Crippen molar-refractivity contribution >= 4 is 0 Å². The molecule has 0 aliphatic carbocycles. The molecule has 0 aliphatic heterocycles. The normalized spacial score (nSPS) is 12.4. The van der Waals surface area contributed by atoms with E-state index < -0.39 is 0 Å². The van der Waals surface area contributed by atoms with E-state index in [0.717, 1.165) is 5.56 Å². The molecule has 4 heteroatoms. The average molecular weight is 193 g/mol. The van der Waals surface area contributed by atoms with Crippen molar-refractivity contribution in [1.82, 2.24) is 15.1 Å². The minimum absolute atomic E-state index is 0.0659. The first-order valence-electron chi connectivity index (χ1n) is 4.58. The fourth-order valence-corrected chi connectivity index (χ4v) is 1.05. The van der Waals surface area contributed by atoms with Crippen molar-refractivity contribution in [3.05, 3.63) is 18.0 Å². The summed E-state index contributed by atoms with van der Waals surface area (Å²) >= 11 is 0. The number of aliphatic hydroxyl groups is 1. The second-order valence-electron chi connectivity index (χ2n) is 3.10. The van der Waals surface area contributed by atoms with Gasteiger partial charge in [0.25, 0.3) is 0 Å². The quantitative estimate of drug-likeness (QED) is 0.646. The second-order valence-corrected chi connectivity index (χ2v) is 3.10. The first kappa shape index (κ1) is 10.8. The predicted molar refractivity (Wildman–Crippen MR) is 54.4 cm³/mol. The number of aromatic nitrogens is 2. The van der Waals surface area contributed by atoms with Crippen molar-refractivity contribution in [2.45, 2.75) is 26.1 Å². The highest BCUT2D eigenvalue weighted by Gasteiger charge is 1.99. The highest BCUT2D eigenvalue weighted by atomic mass is 16.3. The van der Waals surface area contributed by atoms with E-state index in [1.807, 2.05) is 13.1 Å². The summed E-state index contributed by atoms with van der Waals surface area (Å²) in [5, 5.41) is 15.9. The van der Waals surface area contributed by atoms with Crippen molar-refractivity contribution in [2.24, 2.45) is 0 Å². The van der Waals surface area contributed by atoms with Gasteiger partial charge in [-0.05, 0) is 6.92 Å². The number of aliphatic hydroxyl groups excluding tert-OH is 1. The monoisotopic (exact) mass is 193 g/mol. The molecule has 0 amide bonds. The number of rotatable bonds is 5. The maximum absolute atomic E-state index is 8.68. The van der Waals surface area contributed by atoms with Crippen molar-refractivity contribution in [2.75, 3.05) is 6.61 Å². The van der Waals surface area contributed by atoms with E-state index >= 15 is 0 Å². The Morgan fingerprint density at radius 3 is 3.21 bits per heavy atom. The van der Waals surface area contributed by atoms with Crippen LogP contribution in [-0.4, -0.2) is 27.5 Å². The number of hydrogen-bond acceptors (Lipinski definition) is 3. The van der Waals surface area contributed by atoms with Crippen LogP contribution < -0.4 is 5.32 Å². The molecule has 1 aromatic heterocycles. The van der Waals surface area contributed by atoms with Gasteiger partial charge >= 0.3 is 0 Å². The molecule has 14 heavy (non-hydrogen) atoms. The Balaban J connectivity index is 2.40. The molecular weight excluding hydrogens is 178 g/mol. The third-order valence-electron chi connectivity index (χ3n) is 1.88. The van der Waals surface area contributed by atoms with E-state index in [0.29, 0.717) is 13.1 Å². The molecule has 76 valence electrons. The Morgan fingerprint density at radius 1 is 1.79 bits per heavy atom. The second kappa shape index (κ2) is 5.43. The summed E-state index contributed by atoms with van der Waals surface area (Å²) in [7, 11) is 0. The fourth-order valence-electron chi connectivity index (χ4n) is 1.05. The third kappa shape index (κ3) is 3.21. The van der Waals surface area contributed by atoms with Crippen molar-refractivity contribution in [1.29, 1.82) is 0 Å². The van der Waals surface area contributed by atoms with Gasteiger partial charge in [0, 0.05) is 18.3 Å². The van der Waals surface area contributed by atoms with Crippen LogP contribution in [0.15, 0.2) is 12.4 Å². The van der Waals surface area contributed by atoms with Gasteiger partial charge in [0.15, 0.2) is 0 Å². The lowest BCUT2D eigenvalue weighted by Crippen LogP contribution is -2.23. The predicted octanol–water partition coefficient (Wildman–Crippen LogP) is -0.0133. The molecule has 4 nitrogen and oxygen atoms in total. The van der Waals surface area contributed by atoms with Crippen LogP contribution in [0.25, 0.3) is 0 Å². The molecule has 0 spiro atoms. The van der Waals surface area contributed by atoms with Gasteiger partial charge in [-0.25, -0.2) is 0 Å². The Morgan fingerprint density at radius 2 is 2.57 bits per heavy atom. The van der Waals surface area contributed by atoms with E-state index in [1.165, 1.54) is 0 Å². The van der Waals surface area contributed by atoms with E-state index in [1.54, 1.807) is 10.9 Å². The summed E-state index contributed by atoms with van der Waals surface area (Å²) in [4.78, 5) is 0. The number of hydrogen-bond donors (Lipinski definition) is 2. The largest absolute Gasteiger partial charge is 0.394 e. The standard InChI is InChI=1S/C10H15N3O/c1-3-9(2)11-6-10-7-12-13(8-10)4-5-14/h1,7-9,11,14H,4-6H2,2H3. The van der Waals surface area contributed by atoms with E-state index in [4.69, 9.17) is 11.5 Å². The maximum atomic E-state index is 8.68. The summed E-state index contributed by atoms with van der Waals surface area (Å²) in [6.45, 7) is 3.27. The zero-order valence-corrected chi connectivity index (χ0v) is 8.27. The highest BCUT2D eigenvalue weighted by Crippen LogP contribution is 1.97. The lowest BCUT2D eigenvalue weighted by Gasteiger charge is -2.04. The van der Waals surface area contributed by atoms with Crippen LogP contribution in [0.3, 0.4) is 0 Å². The summed E-state index contributed by atoms with van der Waals surface area (Å²) < 4.78 is 1.71. The SMILES string of the molecule is C#CC(C)NCc1cnn(CCO)c1. The van der Waals surface area contributed by atoms with Crippen LogP contribution in [0.4, 0.5) is 0 Å². The lowest BCUT2D eigenvalue weighted by molar-refractivity contribution is 0.269. The smallest absolute Gasteiger partial charge is 0.0660 e. The van der Waals surface area contributed by atoms with Crippen molar-refractivity contribution in [3.8, 4) is 12.3 Å². The van der Waals surface area contributed by atoms with Gasteiger partial charge in [0.1, 0.15) is 0 Å². The molecule has 1 heterocycles. The van der Waals surface area contributed by atoms with Crippen LogP contribution >= 0.6 is 0 Å². The number of nitrogens with zero attached hydrogens (tertiary/aromatic N) is 2. The van der Waals surface area contributed by atoms with Gasteiger partial charge < -0.3 is 5.11 Å². The lowest BCUT2D eigenvalue weighted by atomic mass is 10.3. The first-order valence-corrected chi connectivity index (χ1v) is 4.58. The van der Waals surface area contributed by atoms with Crippen LogP contribution in [0.1, 0.15) is 12.5 Å². The van der Waals surface area contributed by atoms with Crippen molar-refractivity contribution < 1.29 is 5.11 Å². The van der Waals surface area contributed by atoms with E-state index in [2.05, 4.69) is 16.3 Å². The van der Waals surface area contributed by atoms with Crippen LogP contribution in [-0.2, 0) is 13.1 Å². The molecule has 0 aromatic carbocycles. The van der Waals surface area contributed by atoms with Crippen molar-refractivity contribution in [3.63, 3.8) is 0 Å². The molecular formula is C10H15N3O. The average Bonchev–Trinajstić information content (AvgIpc) is 2.63. The Kier molecular flexibility index (Phi) is 4.17. The van der Waals surface area contributed by atoms with E-state index in [-0.39, 0.29) is 12.6 Å². The molecule has 0 aliphatic rings. The molecule has 0 radical (unpaired) electrons. The summed E-state index contributed by atoms with van der Waals surface area (Å²) in [5.41, 5.74) is 1.07. The summed E-state index contributed by atoms with van der Waals surface area (Å²) in [6.07, 6.45) is 8.89. The first-order chi connectivity index (χ1) is 6.76. The molecule has 0 fully saturated rings. The van der Waals surface area contributed by atoms with Crippen LogP contribution in [0.2, 0.25) is 0 Å². The molecule has 0 saturated heterocycles. The fraction of sp³-hybridized carbons (Fsp3) is 0.500. The topological polar surface area (TPSA) is 50.1 Å². The summed E-state index contributed by atoms with van der Waals surface area (Å²) in [6, 6.07) is 0.0659. The van der Waals surface area contributed by atoms with Crippen LogP contribution in [0.5, 0.6) is 0 Å². The number of nitrogens with one attached hydrogen (secondary N) is 1. The van der Waals surface area contributed by atoms with Crippen LogP contribution in [0, 0.1) is 12.3 Å². The molecule has 0 bridgehead atoms. The minimum atomic E-state index is 0.0659. The number of terminal acetylenes is 1. The highest BCUT2D eigenvalue weighted by molar-refractivity contribution is 5.05. The molecule has 1 rings (SSSR count). The van der Waals surface area contributed by atoms with Gasteiger partial charge in [0.05, 0.1) is 25.4 Å². The zero-order valence-electron chi connectivity index (χ0n) is 8.27. The van der Waals surface area contributed by atoms with Gasteiger partial charge in [-0.15, -0.1) is 6.42 Å². The Hall–Kier alpha value is -1.31. The Labute approximate surface area is 83.9 Å². The van der Waals surface area contributed by atoms with Gasteiger partial charge in [0.2, 0.25) is 0 Å². The maximum Gasteiger partial charge on any atom is 0.0660 e. The Bertz CT molecular complexity index is 313. The van der Waals surface area contributed by atoms with Gasteiger partial charge in [-0.1, -0.05) is 5.92 Å². The van der Waals surface area contributed by atoms with Gasteiger partial charge in [-0.2, -0.15) is 5.10 Å². The molecule has 1 atom stereocenters. The van der Waals surface area contributed by atoms with E-state index in [9.17, 15) is 0 Å². The molecule has 1 unspecified atom stereocenters. The molecule has 0 saturated carbocycles. The zero-order chi connectivity index (χ0) is 10.4. The molecule has 1 aromatic rings. The summed E-state index contributed by atoms with van der Waals surface area (Å²) in [5.74, 6) is 2.59. The minimum Gasteiger partial charge on any atom is -0.394 e.